The van der Waals surface area contributed by atoms with Gasteiger partial charge in [-0.25, -0.2) is 0 Å². The third-order valence-corrected chi connectivity index (χ3v) is 2.44. The summed E-state index contributed by atoms with van der Waals surface area (Å²) in [5.41, 5.74) is 4.54. The summed E-state index contributed by atoms with van der Waals surface area (Å²) in [6.45, 7) is 3.58. The van der Waals surface area contributed by atoms with E-state index in [1.54, 1.807) is 13.8 Å². The molecule has 0 radical (unpaired) electrons. The quantitative estimate of drug-likeness (QED) is 0.545. The Morgan fingerprint density at radius 3 is 2.40 bits per heavy atom. The van der Waals surface area contributed by atoms with Crippen LogP contribution in [0.5, 0.6) is 0 Å². The van der Waals surface area contributed by atoms with Crippen LogP contribution in [0.1, 0.15) is 39.5 Å². The van der Waals surface area contributed by atoms with Crippen LogP contribution in [-0.2, 0) is 9.59 Å². The van der Waals surface area contributed by atoms with Crippen molar-refractivity contribution >= 4 is 27.7 Å². The molecule has 0 fully saturated rings. The highest BCUT2D eigenvalue weighted by Gasteiger charge is 2.22. The van der Waals surface area contributed by atoms with Crippen LogP contribution >= 0.6 is 15.9 Å². The van der Waals surface area contributed by atoms with E-state index in [-0.39, 0.29) is 12.3 Å². The van der Waals surface area contributed by atoms with Gasteiger partial charge in [-0.1, -0.05) is 15.9 Å². The fourth-order valence-corrected chi connectivity index (χ4v) is 1.70. The molecule has 0 aliphatic rings. The van der Waals surface area contributed by atoms with Gasteiger partial charge in [-0.15, -0.1) is 0 Å². The van der Waals surface area contributed by atoms with E-state index in [0.29, 0.717) is 6.42 Å². The van der Waals surface area contributed by atoms with Crippen molar-refractivity contribution in [3.63, 3.8) is 0 Å². The summed E-state index contributed by atoms with van der Waals surface area (Å²) >= 11 is 3.30. The summed E-state index contributed by atoms with van der Waals surface area (Å²) in [5, 5.41) is 3.70. The molecule has 5 heteroatoms. The average molecular weight is 279 g/mol. The van der Waals surface area contributed by atoms with Gasteiger partial charge in [-0.05, 0) is 26.7 Å². The molecule has 0 rings (SSSR count). The third kappa shape index (κ3) is 8.42. The van der Waals surface area contributed by atoms with Gasteiger partial charge in [0, 0.05) is 23.7 Å². The topological polar surface area (TPSA) is 72.2 Å². The number of carbonyl (C=O) groups is 2. The van der Waals surface area contributed by atoms with E-state index in [4.69, 9.17) is 5.73 Å². The second kappa shape index (κ2) is 6.82. The van der Waals surface area contributed by atoms with Gasteiger partial charge in [0.15, 0.2) is 0 Å². The fourth-order valence-electron chi connectivity index (χ4n) is 1.30. The lowest BCUT2D eigenvalue weighted by Crippen LogP contribution is -2.45. The molecule has 0 aliphatic heterocycles. The number of unbranched alkanes of at least 4 members (excludes halogenated alkanes) is 1. The van der Waals surface area contributed by atoms with Crippen LogP contribution in [0, 0.1) is 0 Å². The van der Waals surface area contributed by atoms with Crippen LogP contribution < -0.4 is 11.1 Å². The smallest absolute Gasteiger partial charge is 0.220 e. The Hall–Kier alpha value is -0.580. The number of alkyl halides is 1. The number of halogens is 1. The number of primary amides is 1. The van der Waals surface area contributed by atoms with Crippen molar-refractivity contribution in [3.8, 4) is 0 Å². The molecular formula is C10H19BrN2O2. The van der Waals surface area contributed by atoms with Crippen molar-refractivity contribution in [2.45, 2.75) is 45.1 Å². The zero-order chi connectivity index (χ0) is 11.9. The van der Waals surface area contributed by atoms with Gasteiger partial charge in [0.1, 0.15) is 0 Å². The first-order valence-electron chi connectivity index (χ1n) is 5.02. The molecule has 0 atom stereocenters. The minimum absolute atomic E-state index is 0.0257. The molecule has 3 N–H and O–H groups in total. The van der Waals surface area contributed by atoms with Gasteiger partial charge in [0.05, 0.1) is 0 Å². The molecular weight excluding hydrogens is 260 g/mol. The second-order valence-corrected chi connectivity index (χ2v) is 5.01. The fraction of sp³-hybridized carbons (Fsp3) is 0.800. The summed E-state index contributed by atoms with van der Waals surface area (Å²) in [4.78, 5) is 22.2. The van der Waals surface area contributed by atoms with E-state index in [2.05, 4.69) is 21.2 Å². The monoisotopic (exact) mass is 278 g/mol. The summed E-state index contributed by atoms with van der Waals surface area (Å²) in [7, 11) is 0. The predicted molar refractivity (Wildman–Crippen MR) is 63.7 cm³/mol. The standard InChI is InChI=1S/C10H19BrN2O2/c1-10(2,7-8(12)14)13-9(15)5-3-4-6-11/h3-7H2,1-2H3,(H2,12,14)(H,13,15). The van der Waals surface area contributed by atoms with Gasteiger partial charge in [0.2, 0.25) is 11.8 Å². The van der Waals surface area contributed by atoms with Crippen LogP contribution in [0.25, 0.3) is 0 Å². The highest BCUT2D eigenvalue weighted by molar-refractivity contribution is 9.09. The van der Waals surface area contributed by atoms with Crippen molar-refractivity contribution in [1.82, 2.24) is 5.32 Å². The number of hydrogen-bond donors (Lipinski definition) is 2. The zero-order valence-corrected chi connectivity index (χ0v) is 10.9. The Labute approximate surface area is 99.1 Å². The largest absolute Gasteiger partial charge is 0.370 e. The number of hydrogen-bond acceptors (Lipinski definition) is 2. The van der Waals surface area contributed by atoms with Crippen LogP contribution in [0.15, 0.2) is 0 Å². The van der Waals surface area contributed by atoms with Crippen molar-refractivity contribution in [2.75, 3.05) is 5.33 Å². The predicted octanol–water partition coefficient (Wildman–Crippen LogP) is 1.32. The van der Waals surface area contributed by atoms with Crippen LogP contribution in [0.3, 0.4) is 0 Å². The Bertz CT molecular complexity index is 229. The normalized spacial score (nSPS) is 11.1. The van der Waals surface area contributed by atoms with Gasteiger partial charge in [-0.2, -0.15) is 0 Å². The van der Waals surface area contributed by atoms with E-state index in [9.17, 15) is 9.59 Å². The van der Waals surface area contributed by atoms with E-state index in [1.165, 1.54) is 0 Å². The molecule has 0 spiro atoms. The molecule has 0 saturated heterocycles. The molecule has 0 saturated carbocycles. The molecule has 0 aromatic carbocycles. The Kier molecular flexibility index (Phi) is 6.56. The maximum Gasteiger partial charge on any atom is 0.220 e. The maximum absolute atomic E-state index is 11.4. The van der Waals surface area contributed by atoms with Crippen LogP contribution in [-0.4, -0.2) is 22.7 Å². The summed E-state index contributed by atoms with van der Waals surface area (Å²) in [5.74, 6) is -0.428. The third-order valence-electron chi connectivity index (χ3n) is 1.88. The van der Waals surface area contributed by atoms with Crippen LogP contribution in [0.2, 0.25) is 0 Å². The maximum atomic E-state index is 11.4. The molecule has 88 valence electrons. The Morgan fingerprint density at radius 2 is 1.93 bits per heavy atom. The number of rotatable bonds is 7. The number of nitrogens with one attached hydrogen (secondary N) is 1. The lowest BCUT2D eigenvalue weighted by atomic mass is 10.00. The SMILES string of the molecule is CC(C)(CC(N)=O)NC(=O)CCCCBr. The molecule has 2 amide bonds. The molecule has 4 nitrogen and oxygen atoms in total. The van der Waals surface area contributed by atoms with Gasteiger partial charge in [0.25, 0.3) is 0 Å². The molecule has 0 aliphatic carbocycles. The minimum atomic E-state index is -0.544. The van der Waals surface area contributed by atoms with Crippen molar-refractivity contribution in [3.05, 3.63) is 0 Å². The Morgan fingerprint density at radius 1 is 1.33 bits per heavy atom. The molecule has 0 aromatic heterocycles. The van der Waals surface area contributed by atoms with Gasteiger partial charge < -0.3 is 11.1 Å². The van der Waals surface area contributed by atoms with E-state index < -0.39 is 11.4 Å². The first-order valence-corrected chi connectivity index (χ1v) is 6.15. The van der Waals surface area contributed by atoms with Gasteiger partial charge >= 0.3 is 0 Å². The minimum Gasteiger partial charge on any atom is -0.370 e. The molecule has 15 heavy (non-hydrogen) atoms. The van der Waals surface area contributed by atoms with E-state index in [0.717, 1.165) is 18.2 Å². The summed E-state index contributed by atoms with van der Waals surface area (Å²) < 4.78 is 0. The zero-order valence-electron chi connectivity index (χ0n) is 9.31. The van der Waals surface area contributed by atoms with Gasteiger partial charge in [-0.3, -0.25) is 9.59 Å². The lowest BCUT2D eigenvalue weighted by molar-refractivity contribution is -0.124. The summed E-state index contributed by atoms with van der Waals surface area (Å²) in [6.07, 6.45) is 2.48. The molecule has 0 unspecified atom stereocenters. The van der Waals surface area contributed by atoms with Crippen molar-refractivity contribution in [2.24, 2.45) is 5.73 Å². The number of carbonyl (C=O) groups excluding carboxylic acids is 2. The van der Waals surface area contributed by atoms with Crippen molar-refractivity contribution < 1.29 is 9.59 Å². The van der Waals surface area contributed by atoms with Crippen LogP contribution in [0.4, 0.5) is 0 Å². The van der Waals surface area contributed by atoms with Crippen molar-refractivity contribution in [1.29, 1.82) is 0 Å². The van der Waals surface area contributed by atoms with E-state index in [1.807, 2.05) is 0 Å². The first kappa shape index (κ1) is 14.4. The number of nitrogens with two attached hydrogens (primary N) is 1. The number of amides is 2. The lowest BCUT2D eigenvalue weighted by Gasteiger charge is -2.24. The highest BCUT2D eigenvalue weighted by atomic mass is 79.9. The highest BCUT2D eigenvalue weighted by Crippen LogP contribution is 2.08. The summed E-state index contributed by atoms with van der Waals surface area (Å²) in [6, 6.07) is 0. The Balaban J connectivity index is 3.88. The van der Waals surface area contributed by atoms with E-state index >= 15 is 0 Å². The second-order valence-electron chi connectivity index (χ2n) is 4.22. The first-order chi connectivity index (χ1) is 6.87. The molecule has 0 aromatic rings. The molecule has 0 bridgehead atoms. The molecule has 0 heterocycles. The average Bonchev–Trinajstić information content (AvgIpc) is 2.00.